The van der Waals surface area contributed by atoms with E-state index in [0.717, 1.165) is 58.8 Å². The molecule has 0 aliphatic carbocycles. The molecule has 2 heterocycles. The van der Waals surface area contributed by atoms with E-state index in [2.05, 4.69) is 17.1 Å². The number of nitrogens with one attached hydrogen (secondary N) is 1. The smallest absolute Gasteiger partial charge is 0.236 e. The maximum absolute atomic E-state index is 12.8. The van der Waals surface area contributed by atoms with Crippen molar-refractivity contribution in [2.75, 3.05) is 58.9 Å². The second-order valence-electron chi connectivity index (χ2n) is 7.85. The normalized spacial score (nSPS) is 19.8. The van der Waals surface area contributed by atoms with E-state index < -0.39 is 0 Å². The fraction of sp³-hybridized carbons (Fsp3) is 0.900. The zero-order chi connectivity index (χ0) is 18.9. The van der Waals surface area contributed by atoms with Crippen molar-refractivity contribution < 1.29 is 9.59 Å². The van der Waals surface area contributed by atoms with Gasteiger partial charge in [-0.3, -0.25) is 14.5 Å². The molecule has 0 spiro atoms. The van der Waals surface area contributed by atoms with Crippen LogP contribution in [0.4, 0.5) is 0 Å². The summed E-state index contributed by atoms with van der Waals surface area (Å²) in [7, 11) is 0. The van der Waals surface area contributed by atoms with Crippen molar-refractivity contribution in [3.05, 3.63) is 0 Å². The van der Waals surface area contributed by atoms with Crippen molar-refractivity contribution in [1.29, 1.82) is 0 Å². The highest BCUT2D eigenvalue weighted by atomic mass is 35.5. The molecule has 0 aromatic carbocycles. The van der Waals surface area contributed by atoms with Gasteiger partial charge in [-0.25, -0.2) is 0 Å². The van der Waals surface area contributed by atoms with Crippen LogP contribution in [0.1, 0.15) is 46.5 Å². The number of carbonyl (C=O) groups is 2. The van der Waals surface area contributed by atoms with Gasteiger partial charge < -0.3 is 15.1 Å². The number of amides is 2. The first kappa shape index (κ1) is 27.4. The highest BCUT2D eigenvalue weighted by Crippen LogP contribution is 2.25. The van der Waals surface area contributed by atoms with Crippen molar-refractivity contribution in [2.45, 2.75) is 46.5 Å². The second-order valence-corrected chi connectivity index (χ2v) is 7.85. The molecule has 8 heteroatoms. The van der Waals surface area contributed by atoms with E-state index in [0.29, 0.717) is 30.7 Å². The van der Waals surface area contributed by atoms with Gasteiger partial charge in [-0.05, 0) is 58.0 Å². The van der Waals surface area contributed by atoms with E-state index in [1.807, 2.05) is 23.6 Å². The van der Waals surface area contributed by atoms with Crippen LogP contribution in [0.5, 0.6) is 0 Å². The molecule has 1 unspecified atom stereocenters. The number of hydrogen-bond donors (Lipinski definition) is 1. The lowest BCUT2D eigenvalue weighted by atomic mass is 9.84. The maximum Gasteiger partial charge on any atom is 0.236 e. The fourth-order valence-corrected chi connectivity index (χ4v) is 4.23. The number of likely N-dealkylation sites (N-methyl/N-ethyl adjacent to an activating group) is 1. The van der Waals surface area contributed by atoms with Crippen LogP contribution in [0.25, 0.3) is 0 Å². The summed E-state index contributed by atoms with van der Waals surface area (Å²) in [5, 5.41) is 3.40. The Morgan fingerprint density at radius 1 is 1.04 bits per heavy atom. The van der Waals surface area contributed by atoms with Crippen molar-refractivity contribution >= 4 is 36.6 Å². The summed E-state index contributed by atoms with van der Waals surface area (Å²) in [6.45, 7) is 13.8. The summed E-state index contributed by atoms with van der Waals surface area (Å²) in [4.78, 5) is 31.2. The zero-order valence-electron chi connectivity index (χ0n) is 17.8. The largest absolute Gasteiger partial charge is 0.342 e. The van der Waals surface area contributed by atoms with Crippen molar-refractivity contribution in [3.8, 4) is 0 Å². The molecular weight excluding hydrogens is 399 g/mol. The molecule has 0 bridgehead atoms. The van der Waals surface area contributed by atoms with Gasteiger partial charge >= 0.3 is 0 Å². The number of piperidine rings is 1. The SMILES string of the molecule is CCN(CC)C(=O)CN1CCCN(C(=O)CC(C)C2CCNCC2)CC1.Cl.Cl. The molecule has 2 rings (SSSR count). The molecule has 0 aromatic heterocycles. The molecule has 2 aliphatic heterocycles. The van der Waals surface area contributed by atoms with Gasteiger partial charge in [0.2, 0.25) is 11.8 Å². The first-order valence-electron chi connectivity index (χ1n) is 10.5. The van der Waals surface area contributed by atoms with Crippen LogP contribution in [-0.2, 0) is 9.59 Å². The van der Waals surface area contributed by atoms with Gasteiger partial charge in [0.1, 0.15) is 0 Å². The first-order chi connectivity index (χ1) is 12.5. The molecule has 0 saturated carbocycles. The molecule has 1 N–H and O–H groups in total. The lowest BCUT2D eigenvalue weighted by Gasteiger charge is -2.30. The molecule has 28 heavy (non-hydrogen) atoms. The van der Waals surface area contributed by atoms with E-state index in [9.17, 15) is 9.59 Å². The van der Waals surface area contributed by atoms with Crippen molar-refractivity contribution in [2.24, 2.45) is 11.8 Å². The summed E-state index contributed by atoms with van der Waals surface area (Å²) in [5.41, 5.74) is 0. The minimum Gasteiger partial charge on any atom is -0.342 e. The summed E-state index contributed by atoms with van der Waals surface area (Å²) in [5.74, 6) is 1.64. The van der Waals surface area contributed by atoms with Crippen LogP contribution >= 0.6 is 24.8 Å². The Labute approximate surface area is 183 Å². The van der Waals surface area contributed by atoms with Gasteiger partial charge in [0.15, 0.2) is 0 Å². The third-order valence-electron chi connectivity index (χ3n) is 6.10. The molecule has 2 fully saturated rings. The highest BCUT2D eigenvalue weighted by molar-refractivity contribution is 5.85. The topological polar surface area (TPSA) is 55.9 Å². The summed E-state index contributed by atoms with van der Waals surface area (Å²) in [6, 6.07) is 0. The van der Waals surface area contributed by atoms with Gasteiger partial charge in [-0.1, -0.05) is 6.92 Å². The van der Waals surface area contributed by atoms with E-state index in [1.54, 1.807) is 0 Å². The standard InChI is InChI=1S/C20H38N4O2.2ClH/c1-4-23(5-2)20(26)16-22-11-6-12-24(14-13-22)19(25)15-17(3)18-7-9-21-10-8-18;;/h17-18,21H,4-16H2,1-3H3;2*1H. The summed E-state index contributed by atoms with van der Waals surface area (Å²) >= 11 is 0. The Kier molecular flexibility index (Phi) is 14.1. The van der Waals surface area contributed by atoms with Crippen LogP contribution in [0.3, 0.4) is 0 Å². The number of halogens is 2. The van der Waals surface area contributed by atoms with Gasteiger partial charge in [0, 0.05) is 45.7 Å². The quantitative estimate of drug-likeness (QED) is 0.661. The number of nitrogens with zero attached hydrogens (tertiary/aromatic N) is 3. The van der Waals surface area contributed by atoms with E-state index in [1.165, 1.54) is 12.8 Å². The van der Waals surface area contributed by atoms with Crippen LogP contribution < -0.4 is 5.32 Å². The molecule has 1 atom stereocenters. The molecule has 2 aliphatic rings. The maximum atomic E-state index is 12.8. The lowest BCUT2D eigenvalue weighted by Crippen LogP contribution is -2.42. The Morgan fingerprint density at radius 3 is 2.29 bits per heavy atom. The lowest BCUT2D eigenvalue weighted by molar-refractivity contribution is -0.132. The van der Waals surface area contributed by atoms with E-state index in [4.69, 9.17) is 0 Å². The van der Waals surface area contributed by atoms with Gasteiger partial charge in [0.05, 0.1) is 6.54 Å². The Balaban J connectivity index is 0.00000364. The minimum absolute atomic E-state index is 0. The molecular formula is C20H40Cl2N4O2. The molecule has 6 nitrogen and oxygen atoms in total. The van der Waals surface area contributed by atoms with E-state index >= 15 is 0 Å². The van der Waals surface area contributed by atoms with Crippen LogP contribution in [-0.4, -0.2) is 85.4 Å². The highest BCUT2D eigenvalue weighted by Gasteiger charge is 2.26. The van der Waals surface area contributed by atoms with E-state index in [-0.39, 0.29) is 30.7 Å². The molecule has 0 radical (unpaired) electrons. The van der Waals surface area contributed by atoms with Gasteiger partial charge in [0.25, 0.3) is 0 Å². The monoisotopic (exact) mass is 438 g/mol. The Hall–Kier alpha value is -0.560. The average Bonchev–Trinajstić information content (AvgIpc) is 2.89. The summed E-state index contributed by atoms with van der Waals surface area (Å²) in [6.07, 6.45) is 4.01. The molecule has 0 aromatic rings. The third kappa shape index (κ3) is 8.44. The van der Waals surface area contributed by atoms with Crippen molar-refractivity contribution in [1.82, 2.24) is 20.0 Å². The minimum atomic E-state index is 0. The molecule has 2 amide bonds. The Morgan fingerprint density at radius 2 is 1.68 bits per heavy atom. The fourth-order valence-electron chi connectivity index (χ4n) is 4.23. The van der Waals surface area contributed by atoms with Crippen LogP contribution in [0.15, 0.2) is 0 Å². The molecule has 166 valence electrons. The number of carbonyl (C=O) groups excluding carboxylic acids is 2. The van der Waals surface area contributed by atoms with Crippen molar-refractivity contribution in [3.63, 3.8) is 0 Å². The first-order valence-corrected chi connectivity index (χ1v) is 10.5. The predicted molar refractivity (Wildman–Crippen MR) is 119 cm³/mol. The van der Waals surface area contributed by atoms with Gasteiger partial charge in [-0.2, -0.15) is 0 Å². The second kappa shape index (κ2) is 14.4. The number of hydrogen-bond acceptors (Lipinski definition) is 4. The number of rotatable bonds is 7. The molecule has 2 saturated heterocycles. The zero-order valence-corrected chi connectivity index (χ0v) is 19.5. The average molecular weight is 439 g/mol. The third-order valence-corrected chi connectivity index (χ3v) is 6.10. The van der Waals surface area contributed by atoms with Crippen LogP contribution in [0, 0.1) is 11.8 Å². The van der Waals surface area contributed by atoms with Gasteiger partial charge in [-0.15, -0.1) is 24.8 Å². The predicted octanol–water partition coefficient (Wildman–Crippen LogP) is 2.26. The van der Waals surface area contributed by atoms with Crippen LogP contribution in [0.2, 0.25) is 0 Å². The Bertz CT molecular complexity index is 457. The summed E-state index contributed by atoms with van der Waals surface area (Å²) < 4.78 is 0.